The molecule has 54 heavy (non-hydrogen) atoms. The third-order valence-electron chi connectivity index (χ3n) is 9.19. The van der Waals surface area contributed by atoms with Crippen molar-refractivity contribution in [1.29, 1.82) is 0 Å². The number of ether oxygens (including phenoxy) is 5. The number of alkyl halides is 2. The van der Waals surface area contributed by atoms with E-state index in [1.807, 2.05) is 36.4 Å². The van der Waals surface area contributed by atoms with E-state index in [1.165, 1.54) is 24.3 Å². The van der Waals surface area contributed by atoms with Gasteiger partial charge in [-0.25, -0.2) is 14.6 Å². The highest BCUT2D eigenvalue weighted by Crippen LogP contribution is 2.33. The lowest BCUT2D eigenvalue weighted by molar-refractivity contribution is -0.127. The lowest BCUT2D eigenvalue weighted by atomic mass is 9.85. The maximum Gasteiger partial charge on any atom is 0.422 e. The van der Waals surface area contributed by atoms with Gasteiger partial charge in [0.15, 0.2) is 6.29 Å². The van der Waals surface area contributed by atoms with Crippen molar-refractivity contribution in [1.82, 2.24) is 26.1 Å². The number of amides is 3. The second kappa shape index (κ2) is 18.4. The number of halogens is 2. The molecule has 6 atom stereocenters. The zero-order chi connectivity index (χ0) is 38.8. The topological polar surface area (TPSA) is 170 Å². The average Bonchev–Trinajstić information content (AvgIpc) is 3.76. The molecule has 2 aliphatic heterocycles. The van der Waals surface area contributed by atoms with Crippen LogP contribution in [-0.2, 0) is 36.7 Å². The van der Waals surface area contributed by atoms with Gasteiger partial charge in [0.25, 0.3) is 0 Å². The number of hydrogen-bond acceptors (Lipinski definition) is 11. The van der Waals surface area contributed by atoms with Crippen molar-refractivity contribution in [2.45, 2.75) is 77.4 Å². The summed E-state index contributed by atoms with van der Waals surface area (Å²) in [6.07, 6.45) is 0.362. The Kier molecular flexibility index (Phi) is 13.7. The smallest absolute Gasteiger partial charge is 0.422 e. The maximum absolute atomic E-state index is 13.8. The first-order chi connectivity index (χ1) is 25.8. The van der Waals surface area contributed by atoms with E-state index < -0.39 is 60.7 Å². The van der Waals surface area contributed by atoms with Gasteiger partial charge in [-0.05, 0) is 58.7 Å². The summed E-state index contributed by atoms with van der Waals surface area (Å²) in [4.78, 5) is 43.5. The van der Waals surface area contributed by atoms with E-state index >= 15 is 0 Å². The Morgan fingerprint density at radius 1 is 0.981 bits per heavy atom. The molecule has 292 valence electrons. The summed E-state index contributed by atoms with van der Waals surface area (Å²) in [6, 6.07) is 15.2. The van der Waals surface area contributed by atoms with Crippen molar-refractivity contribution in [2.24, 2.45) is 11.3 Å². The molecule has 2 aliphatic rings. The molecule has 0 bridgehead atoms. The fourth-order valence-electron chi connectivity index (χ4n) is 6.36. The predicted molar refractivity (Wildman–Crippen MR) is 191 cm³/mol. The van der Waals surface area contributed by atoms with Crippen LogP contribution in [0.1, 0.15) is 38.3 Å². The number of alkyl carbamates (subject to hydrolysis) is 1. The minimum atomic E-state index is -3.00. The number of pyridine rings is 1. The highest BCUT2D eigenvalue weighted by molar-refractivity contribution is 5.86. The van der Waals surface area contributed by atoms with Crippen LogP contribution in [0.15, 0.2) is 73.1 Å². The van der Waals surface area contributed by atoms with Gasteiger partial charge in [0.1, 0.15) is 17.9 Å². The van der Waals surface area contributed by atoms with Gasteiger partial charge < -0.3 is 39.4 Å². The average molecular weight is 756 g/mol. The molecule has 1 aromatic heterocycles. The van der Waals surface area contributed by atoms with E-state index in [0.717, 1.165) is 16.7 Å². The van der Waals surface area contributed by atoms with Crippen LogP contribution >= 0.6 is 0 Å². The second-order valence-corrected chi connectivity index (χ2v) is 14.2. The third kappa shape index (κ3) is 11.3. The molecule has 2 saturated heterocycles. The zero-order valence-electron chi connectivity index (χ0n) is 30.6. The van der Waals surface area contributed by atoms with Crippen LogP contribution in [0.3, 0.4) is 0 Å². The van der Waals surface area contributed by atoms with Gasteiger partial charge in [0.05, 0.1) is 38.4 Å². The number of hydrazine groups is 1. The van der Waals surface area contributed by atoms with Gasteiger partial charge >= 0.3 is 18.8 Å². The van der Waals surface area contributed by atoms with Crippen molar-refractivity contribution in [3.8, 4) is 16.9 Å². The number of rotatable bonds is 15. The summed E-state index contributed by atoms with van der Waals surface area (Å²) >= 11 is 0. The Morgan fingerprint density at radius 2 is 1.70 bits per heavy atom. The van der Waals surface area contributed by atoms with Crippen LogP contribution in [-0.4, -0.2) is 97.3 Å². The number of methoxy groups -OCH3 is 1. The van der Waals surface area contributed by atoms with Gasteiger partial charge in [-0.1, -0.05) is 63.2 Å². The molecule has 3 amide bonds. The summed E-state index contributed by atoms with van der Waals surface area (Å²) in [5.74, 6) is -0.726. The van der Waals surface area contributed by atoms with Crippen LogP contribution in [0.2, 0.25) is 0 Å². The van der Waals surface area contributed by atoms with Crippen LogP contribution in [0.25, 0.3) is 11.1 Å². The van der Waals surface area contributed by atoms with E-state index in [1.54, 1.807) is 45.3 Å². The monoisotopic (exact) mass is 755 g/mol. The number of fused-ring (bicyclic) bond motifs is 1. The first kappa shape index (κ1) is 40.3. The van der Waals surface area contributed by atoms with Crippen molar-refractivity contribution in [3.05, 3.63) is 84.2 Å². The minimum absolute atomic E-state index is 0.00639. The molecule has 4 N–H and O–H groups in total. The van der Waals surface area contributed by atoms with Crippen molar-refractivity contribution in [2.75, 3.05) is 26.9 Å². The van der Waals surface area contributed by atoms with Gasteiger partial charge in [0.2, 0.25) is 5.91 Å². The van der Waals surface area contributed by atoms with Gasteiger partial charge in [-0.15, -0.1) is 0 Å². The number of benzene rings is 2. The Morgan fingerprint density at radius 3 is 2.35 bits per heavy atom. The van der Waals surface area contributed by atoms with E-state index in [2.05, 4.69) is 25.8 Å². The van der Waals surface area contributed by atoms with E-state index in [0.29, 0.717) is 18.6 Å². The number of aliphatic hydroxyl groups excluding tert-OH is 1. The second-order valence-electron chi connectivity index (χ2n) is 14.2. The molecule has 3 aromatic rings. The number of nitrogens with zero attached hydrogens (tertiary/aromatic N) is 2. The molecule has 5 rings (SSSR count). The van der Waals surface area contributed by atoms with Crippen LogP contribution in [0, 0.1) is 11.3 Å². The van der Waals surface area contributed by atoms with E-state index in [-0.39, 0.29) is 37.8 Å². The third-order valence-corrected chi connectivity index (χ3v) is 9.19. The van der Waals surface area contributed by atoms with Crippen LogP contribution < -0.4 is 20.8 Å². The number of aromatic nitrogens is 1. The number of hydrogen-bond donors (Lipinski definition) is 4. The molecule has 2 fully saturated rings. The first-order valence-electron chi connectivity index (χ1n) is 17.6. The molecule has 14 nitrogen and oxygen atoms in total. The Labute approximate surface area is 312 Å². The summed E-state index contributed by atoms with van der Waals surface area (Å²) in [6.45, 7) is 2.78. The van der Waals surface area contributed by atoms with Crippen LogP contribution in [0.5, 0.6) is 5.75 Å². The van der Waals surface area contributed by atoms with Crippen molar-refractivity contribution < 1.29 is 52.0 Å². The van der Waals surface area contributed by atoms with E-state index in [4.69, 9.17) is 18.9 Å². The molecule has 2 aromatic carbocycles. The molecule has 0 spiro atoms. The highest BCUT2D eigenvalue weighted by Gasteiger charge is 2.44. The largest absolute Gasteiger partial charge is 0.453 e. The normalized spacial score (nSPS) is 19.8. The number of aliphatic hydroxyl groups is 1. The summed E-state index contributed by atoms with van der Waals surface area (Å²) in [5, 5.41) is 18.8. The zero-order valence-corrected chi connectivity index (χ0v) is 30.6. The molecule has 16 heteroatoms. The maximum atomic E-state index is 13.8. The molecular formula is C38H47F2N5O9. The standard InChI is InChI=1S/C38H47F2N5O9/c1-38(2,3)32(43-36(48)50-4)33(47)42-29(18-23-7-11-25(12-8-23)26-6-5-16-41-19-26)30(46)21-45(20-24-9-13-27(14-10-24)53-35(39)40)44-37(49)54-31-22-52-34-28(31)15-17-51-34/h5-14,16,19,28-32,34-35,46H,15,17-18,20-22H2,1-4H3,(H,42,47)(H,43,48)(H,44,49). The quantitative estimate of drug-likeness (QED) is 0.162. The molecular weight excluding hydrogens is 708 g/mol. The Hall–Kier alpha value is -4.90. The number of carbonyl (C=O) groups excluding carboxylic acids is 3. The molecule has 0 radical (unpaired) electrons. The van der Waals surface area contributed by atoms with Gasteiger partial charge in [-0.3, -0.25) is 15.2 Å². The fraction of sp³-hybridized carbons (Fsp3) is 0.474. The fourth-order valence-corrected chi connectivity index (χ4v) is 6.36. The van der Waals surface area contributed by atoms with Gasteiger partial charge in [0, 0.05) is 25.5 Å². The molecule has 0 saturated carbocycles. The minimum Gasteiger partial charge on any atom is -0.453 e. The summed E-state index contributed by atoms with van der Waals surface area (Å²) in [5.41, 5.74) is 5.15. The van der Waals surface area contributed by atoms with Crippen molar-refractivity contribution in [3.63, 3.8) is 0 Å². The highest BCUT2D eigenvalue weighted by atomic mass is 19.3. The molecule has 0 aliphatic carbocycles. The molecule has 3 heterocycles. The number of nitrogens with one attached hydrogen (secondary N) is 3. The van der Waals surface area contributed by atoms with Crippen LogP contribution in [0.4, 0.5) is 18.4 Å². The summed E-state index contributed by atoms with van der Waals surface area (Å²) in [7, 11) is 1.19. The Balaban J connectivity index is 1.38. The molecule has 6 unspecified atom stereocenters. The SMILES string of the molecule is COC(=O)NC(C(=O)NC(Cc1ccc(-c2cccnc2)cc1)C(O)CN(Cc1ccc(OC(F)F)cc1)NC(=O)OC1COC2OCCC12)C(C)(C)C. The Bertz CT molecular complexity index is 1680. The lowest BCUT2D eigenvalue weighted by Crippen LogP contribution is -2.59. The first-order valence-corrected chi connectivity index (χ1v) is 17.6. The van der Waals surface area contributed by atoms with Gasteiger partial charge in [-0.2, -0.15) is 8.78 Å². The number of carbonyl (C=O) groups is 3. The lowest BCUT2D eigenvalue weighted by Gasteiger charge is -2.34. The summed E-state index contributed by atoms with van der Waals surface area (Å²) < 4.78 is 51.7. The van der Waals surface area contributed by atoms with Crippen molar-refractivity contribution >= 4 is 18.1 Å². The predicted octanol–water partition coefficient (Wildman–Crippen LogP) is 4.41. The van der Waals surface area contributed by atoms with E-state index in [9.17, 15) is 28.3 Å².